The molecule has 2 heteroatoms. The van der Waals surface area contributed by atoms with E-state index in [2.05, 4.69) is 6.07 Å². The largest absolute Gasteiger partial charge is 0.366 e. The average Bonchev–Trinajstić information content (AvgIpc) is 2.48. The zero-order chi connectivity index (χ0) is 9.26. The van der Waals surface area contributed by atoms with Crippen LogP contribution in [-0.2, 0) is 11.2 Å². The van der Waals surface area contributed by atoms with E-state index in [9.17, 15) is 4.79 Å². The standard InChI is InChI=1S/C11H11NO/c12-11(13)7-9-6-5-8-3-1-2-4-10(8)9/h1-4,7H,5-6H2,(H2,12,13)/b9-7-. The molecule has 0 bridgehead atoms. The molecule has 0 spiro atoms. The summed E-state index contributed by atoms with van der Waals surface area (Å²) >= 11 is 0. The van der Waals surface area contributed by atoms with Gasteiger partial charge in [0.15, 0.2) is 0 Å². The van der Waals surface area contributed by atoms with Crippen LogP contribution in [0.3, 0.4) is 0 Å². The van der Waals surface area contributed by atoms with Gasteiger partial charge < -0.3 is 5.73 Å². The number of nitrogens with two attached hydrogens (primary N) is 1. The molecule has 2 N–H and O–H groups in total. The minimum atomic E-state index is -0.355. The maximum Gasteiger partial charge on any atom is 0.241 e. The van der Waals surface area contributed by atoms with E-state index >= 15 is 0 Å². The quantitative estimate of drug-likeness (QED) is 0.642. The van der Waals surface area contributed by atoms with Gasteiger partial charge in [-0.3, -0.25) is 4.79 Å². The van der Waals surface area contributed by atoms with E-state index in [0.717, 1.165) is 18.4 Å². The van der Waals surface area contributed by atoms with E-state index in [0.29, 0.717) is 0 Å². The molecule has 2 rings (SSSR count). The summed E-state index contributed by atoms with van der Waals surface area (Å²) in [5, 5.41) is 0. The van der Waals surface area contributed by atoms with Crippen molar-refractivity contribution >= 4 is 11.5 Å². The normalized spacial score (nSPS) is 17.4. The molecule has 0 aromatic heterocycles. The fourth-order valence-electron chi connectivity index (χ4n) is 1.78. The molecule has 1 aliphatic rings. The Morgan fingerprint density at radius 2 is 2.08 bits per heavy atom. The third kappa shape index (κ3) is 1.47. The Kier molecular flexibility index (Phi) is 1.89. The molecule has 0 aliphatic heterocycles. The van der Waals surface area contributed by atoms with Crippen molar-refractivity contribution in [1.82, 2.24) is 0 Å². The van der Waals surface area contributed by atoms with Gasteiger partial charge in [0.2, 0.25) is 5.91 Å². The Balaban J connectivity index is 2.44. The summed E-state index contributed by atoms with van der Waals surface area (Å²) in [4.78, 5) is 10.7. The van der Waals surface area contributed by atoms with Gasteiger partial charge in [-0.1, -0.05) is 24.3 Å². The zero-order valence-corrected chi connectivity index (χ0v) is 7.29. The summed E-state index contributed by atoms with van der Waals surface area (Å²) in [5.41, 5.74) is 8.68. The van der Waals surface area contributed by atoms with Gasteiger partial charge in [-0.05, 0) is 29.5 Å². The molecule has 0 unspecified atom stereocenters. The lowest BCUT2D eigenvalue weighted by atomic mass is 10.1. The van der Waals surface area contributed by atoms with E-state index in [-0.39, 0.29) is 5.91 Å². The second-order valence-corrected chi connectivity index (χ2v) is 3.23. The van der Waals surface area contributed by atoms with Crippen molar-refractivity contribution in [2.24, 2.45) is 5.73 Å². The van der Waals surface area contributed by atoms with Crippen LogP contribution in [0.4, 0.5) is 0 Å². The number of fused-ring (bicyclic) bond motifs is 1. The topological polar surface area (TPSA) is 43.1 Å². The number of primary amides is 1. The first-order chi connectivity index (χ1) is 6.27. The van der Waals surface area contributed by atoms with Crippen molar-refractivity contribution in [3.05, 3.63) is 41.5 Å². The number of amides is 1. The van der Waals surface area contributed by atoms with Crippen LogP contribution in [0.2, 0.25) is 0 Å². The molecule has 0 saturated heterocycles. The Bertz CT molecular complexity index is 379. The van der Waals surface area contributed by atoms with Gasteiger partial charge in [0.25, 0.3) is 0 Å². The molecule has 0 radical (unpaired) electrons. The number of aryl methyl sites for hydroxylation is 1. The van der Waals surface area contributed by atoms with Crippen LogP contribution >= 0.6 is 0 Å². The second-order valence-electron chi connectivity index (χ2n) is 3.23. The Morgan fingerprint density at radius 3 is 2.85 bits per heavy atom. The molecule has 0 saturated carbocycles. The molecule has 0 heterocycles. The number of rotatable bonds is 1. The van der Waals surface area contributed by atoms with E-state index < -0.39 is 0 Å². The highest BCUT2D eigenvalue weighted by atomic mass is 16.1. The second kappa shape index (κ2) is 3.05. The van der Waals surface area contributed by atoms with Gasteiger partial charge in [0.05, 0.1) is 0 Å². The lowest BCUT2D eigenvalue weighted by Gasteiger charge is -1.98. The van der Waals surface area contributed by atoms with E-state index in [4.69, 9.17) is 5.73 Å². The molecule has 0 fully saturated rings. The number of benzene rings is 1. The van der Waals surface area contributed by atoms with Crippen molar-refractivity contribution in [2.75, 3.05) is 0 Å². The Labute approximate surface area is 77.1 Å². The summed E-state index contributed by atoms with van der Waals surface area (Å²) < 4.78 is 0. The zero-order valence-electron chi connectivity index (χ0n) is 7.29. The lowest BCUT2D eigenvalue weighted by molar-refractivity contribution is -0.113. The van der Waals surface area contributed by atoms with Crippen LogP contribution in [0, 0.1) is 0 Å². The predicted molar refractivity (Wildman–Crippen MR) is 51.9 cm³/mol. The van der Waals surface area contributed by atoms with E-state index in [1.807, 2.05) is 18.2 Å². The summed E-state index contributed by atoms with van der Waals surface area (Å²) in [7, 11) is 0. The summed E-state index contributed by atoms with van der Waals surface area (Å²) in [6, 6.07) is 8.14. The Hall–Kier alpha value is -1.57. The molecule has 2 nitrogen and oxygen atoms in total. The predicted octanol–water partition coefficient (Wildman–Crippen LogP) is 1.50. The van der Waals surface area contributed by atoms with Crippen molar-refractivity contribution in [1.29, 1.82) is 0 Å². The third-order valence-corrected chi connectivity index (χ3v) is 2.34. The molecule has 0 atom stereocenters. The van der Waals surface area contributed by atoms with Gasteiger partial charge >= 0.3 is 0 Å². The fourth-order valence-corrected chi connectivity index (χ4v) is 1.78. The molecule has 13 heavy (non-hydrogen) atoms. The van der Waals surface area contributed by atoms with Crippen LogP contribution in [0.25, 0.3) is 5.57 Å². The van der Waals surface area contributed by atoms with Gasteiger partial charge in [-0.25, -0.2) is 0 Å². The first-order valence-electron chi connectivity index (χ1n) is 4.35. The van der Waals surface area contributed by atoms with Crippen molar-refractivity contribution in [3.63, 3.8) is 0 Å². The summed E-state index contributed by atoms with van der Waals surface area (Å²) in [6.07, 6.45) is 3.49. The van der Waals surface area contributed by atoms with Crippen LogP contribution in [-0.4, -0.2) is 5.91 Å². The fraction of sp³-hybridized carbons (Fsp3) is 0.182. The monoisotopic (exact) mass is 173 g/mol. The highest BCUT2D eigenvalue weighted by Crippen LogP contribution is 2.31. The SMILES string of the molecule is NC(=O)/C=C1/CCc2ccccc21. The molecule has 1 amide bonds. The smallest absolute Gasteiger partial charge is 0.241 e. The third-order valence-electron chi connectivity index (χ3n) is 2.34. The van der Waals surface area contributed by atoms with Gasteiger partial charge in [0, 0.05) is 6.08 Å². The minimum Gasteiger partial charge on any atom is -0.366 e. The first kappa shape index (κ1) is 8.05. The number of hydrogen-bond donors (Lipinski definition) is 1. The van der Waals surface area contributed by atoms with Crippen LogP contribution in [0.5, 0.6) is 0 Å². The molecule has 1 aliphatic carbocycles. The molecule has 66 valence electrons. The highest BCUT2D eigenvalue weighted by Gasteiger charge is 2.15. The van der Waals surface area contributed by atoms with Crippen LogP contribution in [0.1, 0.15) is 17.5 Å². The van der Waals surface area contributed by atoms with Crippen molar-refractivity contribution in [2.45, 2.75) is 12.8 Å². The number of carbonyl (C=O) groups excluding carboxylic acids is 1. The van der Waals surface area contributed by atoms with E-state index in [1.54, 1.807) is 0 Å². The van der Waals surface area contributed by atoms with E-state index in [1.165, 1.54) is 17.2 Å². The molecule has 1 aromatic rings. The number of allylic oxidation sites excluding steroid dienone is 1. The molecule has 1 aromatic carbocycles. The molecular weight excluding hydrogens is 162 g/mol. The Morgan fingerprint density at radius 1 is 1.31 bits per heavy atom. The number of hydrogen-bond acceptors (Lipinski definition) is 1. The molecular formula is C11H11NO. The average molecular weight is 173 g/mol. The first-order valence-corrected chi connectivity index (χ1v) is 4.35. The maximum atomic E-state index is 10.7. The number of carbonyl (C=O) groups is 1. The summed E-state index contributed by atoms with van der Waals surface area (Å²) in [5.74, 6) is -0.355. The van der Waals surface area contributed by atoms with Crippen LogP contribution < -0.4 is 5.73 Å². The van der Waals surface area contributed by atoms with Gasteiger partial charge in [-0.2, -0.15) is 0 Å². The highest BCUT2D eigenvalue weighted by molar-refractivity contribution is 5.95. The van der Waals surface area contributed by atoms with Crippen molar-refractivity contribution < 1.29 is 4.79 Å². The minimum absolute atomic E-state index is 0.355. The van der Waals surface area contributed by atoms with Crippen molar-refractivity contribution in [3.8, 4) is 0 Å². The lowest BCUT2D eigenvalue weighted by Crippen LogP contribution is -2.06. The van der Waals surface area contributed by atoms with Gasteiger partial charge in [-0.15, -0.1) is 0 Å². The maximum absolute atomic E-state index is 10.7. The van der Waals surface area contributed by atoms with Crippen LogP contribution in [0.15, 0.2) is 30.3 Å². The van der Waals surface area contributed by atoms with Gasteiger partial charge in [0.1, 0.15) is 0 Å². The summed E-state index contributed by atoms with van der Waals surface area (Å²) in [6.45, 7) is 0.